The highest BCUT2D eigenvalue weighted by Crippen LogP contribution is 2.31. The number of benzene rings is 2. The fraction of sp³-hybridized carbons (Fsp3) is 0.333. The first-order valence-corrected chi connectivity index (χ1v) is 9.52. The van der Waals surface area contributed by atoms with Crippen molar-refractivity contribution in [1.29, 1.82) is 0 Å². The molecule has 0 N–H and O–H groups in total. The maximum absolute atomic E-state index is 5.99. The van der Waals surface area contributed by atoms with Gasteiger partial charge >= 0.3 is 0 Å². The highest BCUT2D eigenvalue weighted by atomic mass is 16.4. The van der Waals surface area contributed by atoms with E-state index >= 15 is 0 Å². The molecule has 1 saturated carbocycles. The summed E-state index contributed by atoms with van der Waals surface area (Å²) in [6.45, 7) is 2.94. The largest absolute Gasteiger partial charge is 0.414 e. The second-order valence-corrected chi connectivity index (χ2v) is 7.30. The van der Waals surface area contributed by atoms with Crippen LogP contribution in [0.15, 0.2) is 46.9 Å². The number of hydrogen-bond donors (Lipinski definition) is 0. The average molecular weight is 359 g/mol. The SMILES string of the molecule is Cc1c(-c2nnc(-c3cccc4ccccc34)o2)nnn1CC1CCCC1. The maximum Gasteiger partial charge on any atom is 0.270 e. The van der Waals surface area contributed by atoms with Crippen LogP contribution in [0.3, 0.4) is 0 Å². The number of hydrogen-bond acceptors (Lipinski definition) is 5. The van der Waals surface area contributed by atoms with Crippen LogP contribution in [0.2, 0.25) is 0 Å². The molecule has 1 fully saturated rings. The summed E-state index contributed by atoms with van der Waals surface area (Å²) in [5.41, 5.74) is 2.59. The normalized spacial score (nSPS) is 15.0. The monoisotopic (exact) mass is 359 g/mol. The van der Waals surface area contributed by atoms with E-state index in [1.807, 2.05) is 35.9 Å². The second kappa shape index (κ2) is 6.61. The highest BCUT2D eigenvalue weighted by molar-refractivity contribution is 5.94. The van der Waals surface area contributed by atoms with Gasteiger partial charge in [0.2, 0.25) is 5.89 Å². The fourth-order valence-electron chi connectivity index (χ4n) is 4.01. The molecular weight excluding hydrogens is 338 g/mol. The predicted octanol–water partition coefficient (Wildman–Crippen LogP) is 4.65. The Morgan fingerprint density at radius 1 is 0.963 bits per heavy atom. The van der Waals surface area contributed by atoms with Crippen molar-refractivity contribution in [2.24, 2.45) is 5.92 Å². The third kappa shape index (κ3) is 2.91. The van der Waals surface area contributed by atoms with Crippen molar-refractivity contribution in [2.45, 2.75) is 39.2 Å². The summed E-state index contributed by atoms with van der Waals surface area (Å²) in [5.74, 6) is 1.63. The van der Waals surface area contributed by atoms with E-state index in [-0.39, 0.29) is 0 Å². The van der Waals surface area contributed by atoms with Crippen LogP contribution in [0.25, 0.3) is 33.8 Å². The molecule has 6 nitrogen and oxygen atoms in total. The van der Waals surface area contributed by atoms with Crippen LogP contribution >= 0.6 is 0 Å². The molecule has 136 valence electrons. The van der Waals surface area contributed by atoms with E-state index in [2.05, 4.69) is 38.7 Å². The Kier molecular flexibility index (Phi) is 3.96. The molecule has 1 aliphatic carbocycles. The Morgan fingerprint density at radius 2 is 1.74 bits per heavy atom. The Labute approximate surface area is 157 Å². The number of nitrogens with zero attached hydrogens (tertiary/aromatic N) is 5. The third-order valence-corrected chi connectivity index (χ3v) is 5.54. The number of fused-ring (bicyclic) bond motifs is 1. The summed E-state index contributed by atoms with van der Waals surface area (Å²) < 4.78 is 7.97. The molecule has 0 radical (unpaired) electrons. The lowest BCUT2D eigenvalue weighted by atomic mass is 10.0. The topological polar surface area (TPSA) is 69.6 Å². The molecule has 0 atom stereocenters. The number of aromatic nitrogens is 5. The molecular formula is C21H21N5O. The third-order valence-electron chi connectivity index (χ3n) is 5.54. The van der Waals surface area contributed by atoms with E-state index in [1.165, 1.54) is 25.7 Å². The van der Waals surface area contributed by atoms with E-state index in [0.717, 1.165) is 28.6 Å². The average Bonchev–Trinajstić information content (AvgIpc) is 3.44. The van der Waals surface area contributed by atoms with Gasteiger partial charge in [-0.15, -0.1) is 15.3 Å². The Morgan fingerprint density at radius 3 is 2.63 bits per heavy atom. The smallest absolute Gasteiger partial charge is 0.270 e. The molecule has 4 aromatic rings. The van der Waals surface area contributed by atoms with Gasteiger partial charge in [-0.25, -0.2) is 4.68 Å². The van der Waals surface area contributed by atoms with Crippen LogP contribution < -0.4 is 0 Å². The first kappa shape index (κ1) is 16.2. The van der Waals surface area contributed by atoms with Crippen LogP contribution in [-0.4, -0.2) is 25.2 Å². The molecule has 2 heterocycles. The van der Waals surface area contributed by atoms with Gasteiger partial charge in [-0.2, -0.15) is 0 Å². The van der Waals surface area contributed by atoms with E-state index in [0.29, 0.717) is 23.4 Å². The van der Waals surface area contributed by atoms with Crippen LogP contribution in [0.1, 0.15) is 31.4 Å². The molecule has 0 unspecified atom stereocenters. The van der Waals surface area contributed by atoms with Gasteiger partial charge in [0, 0.05) is 12.1 Å². The van der Waals surface area contributed by atoms with E-state index < -0.39 is 0 Å². The molecule has 0 amide bonds. The van der Waals surface area contributed by atoms with Gasteiger partial charge in [0.1, 0.15) is 0 Å². The van der Waals surface area contributed by atoms with Gasteiger partial charge < -0.3 is 4.42 Å². The predicted molar refractivity (Wildman–Crippen MR) is 103 cm³/mol. The van der Waals surface area contributed by atoms with Gasteiger partial charge in [-0.3, -0.25) is 0 Å². The minimum atomic E-state index is 0.424. The molecule has 5 rings (SSSR count). The summed E-state index contributed by atoms with van der Waals surface area (Å²) in [4.78, 5) is 0. The summed E-state index contributed by atoms with van der Waals surface area (Å²) in [6.07, 6.45) is 5.20. The van der Waals surface area contributed by atoms with Crippen LogP contribution in [0.4, 0.5) is 0 Å². The van der Waals surface area contributed by atoms with Crippen molar-refractivity contribution in [1.82, 2.24) is 25.2 Å². The zero-order valence-corrected chi connectivity index (χ0v) is 15.3. The van der Waals surface area contributed by atoms with Crippen LogP contribution in [0, 0.1) is 12.8 Å². The Hall–Kier alpha value is -3.02. The lowest BCUT2D eigenvalue weighted by molar-refractivity contribution is 0.416. The van der Waals surface area contributed by atoms with Gasteiger partial charge in [0.25, 0.3) is 5.89 Å². The summed E-state index contributed by atoms with van der Waals surface area (Å²) in [5, 5.41) is 19.4. The standard InChI is InChI=1S/C21H21N5O/c1-14-19(22-25-26(14)13-15-7-2-3-8-15)21-24-23-20(27-21)18-12-6-10-16-9-4-5-11-17(16)18/h4-6,9-12,15H,2-3,7-8,13H2,1H3. The summed E-state index contributed by atoms with van der Waals surface area (Å²) in [7, 11) is 0. The molecule has 2 aromatic heterocycles. The minimum Gasteiger partial charge on any atom is -0.414 e. The van der Waals surface area contributed by atoms with Gasteiger partial charge in [-0.1, -0.05) is 54.5 Å². The van der Waals surface area contributed by atoms with Crippen molar-refractivity contribution < 1.29 is 4.42 Å². The quantitative estimate of drug-likeness (QED) is 0.530. The fourth-order valence-corrected chi connectivity index (χ4v) is 4.01. The molecule has 0 saturated heterocycles. The van der Waals surface area contributed by atoms with Crippen molar-refractivity contribution in [2.75, 3.05) is 0 Å². The first-order chi connectivity index (χ1) is 13.3. The van der Waals surface area contributed by atoms with Gasteiger partial charge in [0.15, 0.2) is 5.69 Å². The van der Waals surface area contributed by atoms with Gasteiger partial charge in [0.05, 0.1) is 5.69 Å². The first-order valence-electron chi connectivity index (χ1n) is 9.52. The Balaban J connectivity index is 1.48. The van der Waals surface area contributed by atoms with Crippen molar-refractivity contribution in [3.8, 4) is 23.0 Å². The van der Waals surface area contributed by atoms with Crippen molar-refractivity contribution in [3.63, 3.8) is 0 Å². The molecule has 6 heteroatoms. The van der Waals surface area contributed by atoms with Gasteiger partial charge in [-0.05, 0) is 42.5 Å². The van der Waals surface area contributed by atoms with E-state index in [9.17, 15) is 0 Å². The van der Waals surface area contributed by atoms with Crippen molar-refractivity contribution in [3.05, 3.63) is 48.2 Å². The lowest BCUT2D eigenvalue weighted by Gasteiger charge is -2.09. The second-order valence-electron chi connectivity index (χ2n) is 7.30. The van der Waals surface area contributed by atoms with Crippen LogP contribution in [0.5, 0.6) is 0 Å². The van der Waals surface area contributed by atoms with E-state index in [1.54, 1.807) is 0 Å². The lowest BCUT2D eigenvalue weighted by Crippen LogP contribution is -2.10. The minimum absolute atomic E-state index is 0.424. The zero-order chi connectivity index (χ0) is 18.2. The molecule has 27 heavy (non-hydrogen) atoms. The maximum atomic E-state index is 5.99. The summed E-state index contributed by atoms with van der Waals surface area (Å²) in [6, 6.07) is 14.3. The molecule has 0 aliphatic heterocycles. The van der Waals surface area contributed by atoms with Crippen molar-refractivity contribution >= 4 is 10.8 Å². The zero-order valence-electron chi connectivity index (χ0n) is 15.3. The number of rotatable bonds is 4. The molecule has 1 aliphatic rings. The van der Waals surface area contributed by atoms with Crippen LogP contribution in [-0.2, 0) is 6.54 Å². The summed E-state index contributed by atoms with van der Waals surface area (Å²) >= 11 is 0. The Bertz CT molecular complexity index is 1090. The van der Waals surface area contributed by atoms with E-state index in [4.69, 9.17) is 4.42 Å². The highest BCUT2D eigenvalue weighted by Gasteiger charge is 2.21. The molecule has 0 bridgehead atoms. The molecule has 0 spiro atoms. The molecule has 2 aromatic carbocycles.